The van der Waals surface area contributed by atoms with Gasteiger partial charge in [-0.3, -0.25) is 14.9 Å². The van der Waals surface area contributed by atoms with Gasteiger partial charge in [0.05, 0.1) is 12.0 Å². The van der Waals surface area contributed by atoms with Crippen LogP contribution in [0.5, 0.6) is 0 Å². The lowest BCUT2D eigenvalue weighted by Crippen LogP contribution is -2.24. The highest BCUT2D eigenvalue weighted by molar-refractivity contribution is 7.91. The molecule has 0 fully saturated rings. The molecular formula is C9H11ClN2O6S2. The first-order valence-electron chi connectivity index (χ1n) is 5.28. The molecule has 1 aromatic rings. The van der Waals surface area contributed by atoms with E-state index in [9.17, 15) is 23.3 Å². The van der Waals surface area contributed by atoms with Gasteiger partial charge in [0, 0.05) is 19.0 Å². The van der Waals surface area contributed by atoms with E-state index < -0.39 is 26.6 Å². The average Bonchev–Trinajstić information content (AvgIpc) is 2.77. The fraction of sp³-hybridized carbons (Fsp3) is 0.444. The Bertz CT molecular complexity index is 612. The predicted octanol–water partition coefficient (Wildman–Crippen LogP) is 1.54. The Hall–Kier alpha value is -1.23. The van der Waals surface area contributed by atoms with Crippen LogP contribution in [0.4, 0.5) is 5.69 Å². The molecule has 0 aliphatic carbocycles. The molecule has 11 heteroatoms. The number of sulfonamides is 1. The summed E-state index contributed by atoms with van der Waals surface area (Å²) in [6, 6.07) is 0.898. The Morgan fingerprint density at radius 2 is 2.25 bits per heavy atom. The average molecular weight is 343 g/mol. The second-order valence-electron chi connectivity index (χ2n) is 3.56. The van der Waals surface area contributed by atoms with E-state index in [1.807, 2.05) is 0 Å². The zero-order valence-electron chi connectivity index (χ0n) is 10.3. The van der Waals surface area contributed by atoms with Crippen molar-refractivity contribution in [3.63, 3.8) is 0 Å². The predicted molar refractivity (Wildman–Crippen MR) is 72.4 cm³/mol. The topological polar surface area (TPSA) is 116 Å². The van der Waals surface area contributed by atoms with Crippen molar-refractivity contribution >= 4 is 44.6 Å². The van der Waals surface area contributed by atoms with Crippen LogP contribution in [0.25, 0.3) is 0 Å². The molecule has 0 amide bonds. The molecular weight excluding hydrogens is 332 g/mol. The van der Waals surface area contributed by atoms with Crippen LogP contribution >= 0.6 is 22.9 Å². The summed E-state index contributed by atoms with van der Waals surface area (Å²) in [7, 11) is -2.64. The molecule has 0 aliphatic heterocycles. The third-order valence-corrected chi connectivity index (χ3v) is 5.46. The van der Waals surface area contributed by atoms with Gasteiger partial charge in [-0.25, -0.2) is 13.1 Å². The molecule has 0 bridgehead atoms. The fourth-order valence-corrected chi connectivity index (χ4v) is 3.99. The van der Waals surface area contributed by atoms with Gasteiger partial charge in [0.2, 0.25) is 10.0 Å². The summed E-state index contributed by atoms with van der Waals surface area (Å²) in [5.74, 6) is -0.445. The molecule has 1 rings (SSSR count). The van der Waals surface area contributed by atoms with Crippen LogP contribution in [0.15, 0.2) is 10.3 Å². The first-order valence-corrected chi connectivity index (χ1v) is 7.96. The third kappa shape index (κ3) is 4.40. The minimum absolute atomic E-state index is 0.0146. The monoisotopic (exact) mass is 342 g/mol. The molecule has 0 aromatic carbocycles. The number of carbonyl (C=O) groups is 1. The summed E-state index contributed by atoms with van der Waals surface area (Å²) in [4.78, 5) is 20.7. The maximum Gasteiger partial charge on any atom is 0.305 e. The molecule has 0 atom stereocenters. The Morgan fingerprint density at radius 3 is 2.75 bits per heavy atom. The summed E-state index contributed by atoms with van der Waals surface area (Å²) in [6.45, 7) is 0.0146. The van der Waals surface area contributed by atoms with Gasteiger partial charge in [-0.1, -0.05) is 11.6 Å². The highest BCUT2D eigenvalue weighted by Gasteiger charge is 2.24. The number of ether oxygens (including phenoxy) is 1. The van der Waals surface area contributed by atoms with Gasteiger partial charge in [-0.05, 0) is 6.42 Å². The largest absolute Gasteiger partial charge is 0.469 e. The Morgan fingerprint density at radius 1 is 1.60 bits per heavy atom. The fourth-order valence-electron chi connectivity index (χ4n) is 1.21. The number of nitrogens with one attached hydrogen (secondary N) is 1. The van der Waals surface area contributed by atoms with E-state index in [1.165, 1.54) is 7.11 Å². The number of nitro groups is 1. The lowest BCUT2D eigenvalue weighted by molar-refractivity contribution is -0.384. The third-order valence-electron chi connectivity index (χ3n) is 2.19. The maximum atomic E-state index is 11.8. The molecule has 20 heavy (non-hydrogen) atoms. The van der Waals surface area contributed by atoms with Crippen LogP contribution in [-0.4, -0.2) is 33.0 Å². The van der Waals surface area contributed by atoms with Gasteiger partial charge in [-0.2, -0.15) is 0 Å². The van der Waals surface area contributed by atoms with Gasteiger partial charge in [0.1, 0.15) is 4.21 Å². The van der Waals surface area contributed by atoms with Crippen LogP contribution in [0.1, 0.15) is 12.8 Å². The summed E-state index contributed by atoms with van der Waals surface area (Å²) in [5.41, 5.74) is -0.452. The number of esters is 1. The van der Waals surface area contributed by atoms with Crippen molar-refractivity contribution in [1.82, 2.24) is 4.72 Å². The van der Waals surface area contributed by atoms with Crippen LogP contribution in [-0.2, 0) is 19.6 Å². The molecule has 0 unspecified atom stereocenters. The van der Waals surface area contributed by atoms with E-state index >= 15 is 0 Å². The first kappa shape index (κ1) is 16.8. The van der Waals surface area contributed by atoms with Gasteiger partial charge < -0.3 is 4.74 Å². The highest BCUT2D eigenvalue weighted by atomic mass is 35.5. The molecule has 1 N–H and O–H groups in total. The maximum absolute atomic E-state index is 11.8. The van der Waals surface area contributed by atoms with Crippen molar-refractivity contribution in [2.24, 2.45) is 0 Å². The lowest BCUT2D eigenvalue weighted by atomic mass is 10.3. The van der Waals surface area contributed by atoms with Gasteiger partial charge in [0.25, 0.3) is 5.69 Å². The van der Waals surface area contributed by atoms with E-state index in [2.05, 4.69) is 9.46 Å². The van der Waals surface area contributed by atoms with E-state index in [0.29, 0.717) is 11.3 Å². The number of halogens is 1. The molecule has 0 saturated heterocycles. The highest BCUT2D eigenvalue weighted by Crippen LogP contribution is 2.35. The number of thiophene rings is 1. The second kappa shape index (κ2) is 6.97. The molecule has 1 aromatic heterocycles. The van der Waals surface area contributed by atoms with Crippen molar-refractivity contribution in [3.8, 4) is 0 Å². The summed E-state index contributed by atoms with van der Waals surface area (Å²) in [6.07, 6.45) is 0.331. The molecule has 0 spiro atoms. The summed E-state index contributed by atoms with van der Waals surface area (Å²) >= 11 is 6.19. The lowest BCUT2D eigenvalue weighted by Gasteiger charge is -2.03. The van der Waals surface area contributed by atoms with Crippen molar-refractivity contribution in [1.29, 1.82) is 0 Å². The van der Waals surface area contributed by atoms with Crippen LogP contribution < -0.4 is 4.72 Å². The Balaban J connectivity index is 2.67. The van der Waals surface area contributed by atoms with Gasteiger partial charge in [0.15, 0.2) is 4.34 Å². The van der Waals surface area contributed by atoms with Crippen LogP contribution in [0.3, 0.4) is 0 Å². The number of rotatable bonds is 7. The summed E-state index contributed by atoms with van der Waals surface area (Å²) in [5, 5.41) is 10.6. The van der Waals surface area contributed by atoms with Crippen molar-refractivity contribution in [3.05, 3.63) is 20.5 Å². The zero-order valence-corrected chi connectivity index (χ0v) is 12.7. The van der Waals surface area contributed by atoms with Crippen LogP contribution in [0.2, 0.25) is 4.34 Å². The quantitative estimate of drug-likeness (QED) is 0.348. The van der Waals surface area contributed by atoms with E-state index in [0.717, 1.165) is 6.07 Å². The second-order valence-corrected chi connectivity index (χ2v) is 7.21. The molecule has 0 aliphatic rings. The molecule has 8 nitrogen and oxygen atoms in total. The standard InChI is InChI=1S/C9H11ClN2O6S2/c1-18-7(13)3-2-4-11-20(16,17)8-5-6(12(14)15)9(10)19-8/h5,11H,2-4H2,1H3. The van der Waals surface area contributed by atoms with Crippen molar-refractivity contribution in [2.75, 3.05) is 13.7 Å². The number of carbonyl (C=O) groups excluding carboxylic acids is 1. The minimum Gasteiger partial charge on any atom is -0.469 e. The molecule has 0 radical (unpaired) electrons. The number of nitrogens with zero attached hydrogens (tertiary/aromatic N) is 1. The normalized spacial score (nSPS) is 11.3. The van der Waals surface area contributed by atoms with E-state index in [1.54, 1.807) is 0 Å². The van der Waals surface area contributed by atoms with Crippen molar-refractivity contribution < 1.29 is 22.9 Å². The zero-order chi connectivity index (χ0) is 15.3. The smallest absolute Gasteiger partial charge is 0.305 e. The Kier molecular flexibility index (Phi) is 5.87. The van der Waals surface area contributed by atoms with Crippen LogP contribution in [0, 0.1) is 10.1 Å². The van der Waals surface area contributed by atoms with Gasteiger partial charge >= 0.3 is 5.97 Å². The molecule has 0 saturated carbocycles. The van der Waals surface area contributed by atoms with E-state index in [-0.39, 0.29) is 27.9 Å². The molecule has 112 valence electrons. The van der Waals surface area contributed by atoms with Crippen molar-refractivity contribution in [2.45, 2.75) is 17.1 Å². The van der Waals surface area contributed by atoms with Gasteiger partial charge in [-0.15, -0.1) is 11.3 Å². The van der Waals surface area contributed by atoms with E-state index in [4.69, 9.17) is 11.6 Å². The Labute approximate surface area is 123 Å². The number of hydrogen-bond donors (Lipinski definition) is 1. The number of hydrogen-bond acceptors (Lipinski definition) is 7. The molecule has 1 heterocycles. The number of methoxy groups -OCH3 is 1. The first-order chi connectivity index (χ1) is 9.27. The summed E-state index contributed by atoms with van der Waals surface area (Å²) < 4.78 is 29.9. The SMILES string of the molecule is COC(=O)CCCNS(=O)(=O)c1cc([N+](=O)[O-])c(Cl)s1. The minimum atomic E-state index is -3.87.